The van der Waals surface area contributed by atoms with E-state index in [-0.39, 0.29) is 12.3 Å². The van der Waals surface area contributed by atoms with Gasteiger partial charge in [0.25, 0.3) is 0 Å². The van der Waals surface area contributed by atoms with E-state index in [1.54, 1.807) is 0 Å². The summed E-state index contributed by atoms with van der Waals surface area (Å²) in [6.07, 6.45) is 0. The van der Waals surface area contributed by atoms with E-state index in [4.69, 9.17) is 18.1 Å². The molecule has 0 spiro atoms. The molecule has 7 heteroatoms. The molecule has 8 N–H and O–H groups in total. The molecule has 0 aliphatic carbocycles. The topological polar surface area (TPSA) is 153 Å². The standard InChI is InChI=1S/CH2O.2H3N.H2O3S/c1-2;;;1-4(2)3/h1H2;2*1H3;(H2,1,2,3). The maximum absolute atomic E-state index is 8.44. The third-order valence-corrected chi connectivity index (χ3v) is 0. The highest BCUT2D eigenvalue weighted by atomic mass is 32.2. The van der Waals surface area contributed by atoms with Crippen LogP contribution in [0.5, 0.6) is 0 Å². The Morgan fingerprint density at radius 3 is 1.12 bits per heavy atom. The minimum Gasteiger partial charge on any atom is -0.784 e. The van der Waals surface area contributed by atoms with Crippen LogP contribution < -0.4 is 12.3 Å². The minimum atomic E-state index is -3.11. The molecule has 6 nitrogen and oxygen atoms in total. The second-order valence-corrected chi connectivity index (χ2v) is 0.612. The molecule has 0 aromatic carbocycles. The maximum atomic E-state index is 8.44. The van der Waals surface area contributed by atoms with E-state index in [9.17, 15) is 0 Å². The molecule has 0 atom stereocenters. The van der Waals surface area contributed by atoms with Gasteiger partial charge in [-0.05, 0) is 0 Å². The first-order valence-electron chi connectivity index (χ1n) is 0.789. The second-order valence-electron chi connectivity index (χ2n) is 0.204. The Balaban J connectivity index is -0.0000000183. The number of rotatable bonds is 0. The minimum absolute atomic E-state index is 0. The van der Waals surface area contributed by atoms with Gasteiger partial charge in [-0.2, -0.15) is 0 Å². The number of hydrogen-bond acceptors (Lipinski definition) is 4. The Kier molecular flexibility index (Phi) is 95.6. The monoisotopic (exact) mass is 146 g/mol. The molecule has 0 unspecified atom stereocenters. The van der Waals surface area contributed by atoms with Gasteiger partial charge in [0, 0.05) is 0 Å². The van der Waals surface area contributed by atoms with Crippen LogP contribution in [0.2, 0.25) is 0 Å². The molecule has 0 aromatic heterocycles. The van der Waals surface area contributed by atoms with Crippen LogP contribution in [-0.2, 0) is 16.2 Å². The summed E-state index contributed by atoms with van der Waals surface area (Å²) in [5.74, 6) is 0. The van der Waals surface area contributed by atoms with E-state index < -0.39 is 11.4 Å². The quantitative estimate of drug-likeness (QED) is 0.444. The highest BCUT2D eigenvalue weighted by Gasteiger charge is 1.20. The maximum Gasteiger partial charge on any atom is 0.106 e. The van der Waals surface area contributed by atoms with E-state index in [0.29, 0.717) is 0 Å². The molecule has 0 rings (SSSR count). The number of hydrogen-bond donors (Lipinski definition) is 2. The van der Waals surface area contributed by atoms with Crippen LogP contribution >= 0.6 is 0 Å². The lowest BCUT2D eigenvalue weighted by molar-refractivity contribution is -0.0979. The van der Waals surface area contributed by atoms with Crippen LogP contribution in [0.4, 0.5) is 0 Å². The molecule has 0 aliphatic rings. The van der Waals surface area contributed by atoms with E-state index in [0.717, 1.165) is 0 Å². The van der Waals surface area contributed by atoms with Gasteiger partial charge in [0.15, 0.2) is 0 Å². The SMILES string of the molecule is C=O.O=S([O-])[O-].[NH4+].[NH4+]. The van der Waals surface area contributed by atoms with Gasteiger partial charge in [0.05, 0.1) is 0 Å². The first-order chi connectivity index (χ1) is 2.73. The Morgan fingerprint density at radius 2 is 1.12 bits per heavy atom. The van der Waals surface area contributed by atoms with Crippen molar-refractivity contribution in [2.45, 2.75) is 0 Å². The van der Waals surface area contributed by atoms with Crippen LogP contribution in [0.15, 0.2) is 0 Å². The van der Waals surface area contributed by atoms with Gasteiger partial charge in [0.1, 0.15) is 6.79 Å². The summed E-state index contributed by atoms with van der Waals surface area (Å²) in [5.41, 5.74) is 0. The number of carbonyl (C=O) groups is 1. The predicted molar refractivity (Wildman–Crippen MR) is 28.8 cm³/mol. The van der Waals surface area contributed by atoms with Gasteiger partial charge < -0.3 is 26.2 Å². The van der Waals surface area contributed by atoms with Crippen molar-refractivity contribution in [3.63, 3.8) is 0 Å². The lowest BCUT2D eigenvalue weighted by Crippen LogP contribution is -1.76. The van der Waals surface area contributed by atoms with Crippen LogP contribution in [-0.4, -0.2) is 20.1 Å². The van der Waals surface area contributed by atoms with E-state index in [1.165, 1.54) is 0 Å². The summed E-state index contributed by atoms with van der Waals surface area (Å²) < 4.78 is 25.3. The molecule has 0 aliphatic heterocycles. The van der Waals surface area contributed by atoms with Crippen LogP contribution in [0, 0.1) is 0 Å². The zero-order chi connectivity index (χ0) is 5.58. The molecule has 0 heterocycles. The van der Waals surface area contributed by atoms with Crippen molar-refractivity contribution in [2.24, 2.45) is 0 Å². The fraction of sp³-hybridized carbons (Fsp3) is 0. The van der Waals surface area contributed by atoms with Crippen LogP contribution in [0.25, 0.3) is 0 Å². The molecule has 0 saturated carbocycles. The fourth-order valence-corrected chi connectivity index (χ4v) is 0. The molecule has 0 fully saturated rings. The molecule has 8 heavy (non-hydrogen) atoms. The van der Waals surface area contributed by atoms with Gasteiger partial charge in [-0.1, -0.05) is 0 Å². The lowest BCUT2D eigenvalue weighted by Gasteiger charge is -2.03. The Morgan fingerprint density at radius 1 is 1.12 bits per heavy atom. The zero-order valence-electron chi connectivity index (χ0n) is 4.75. The average molecular weight is 146 g/mol. The predicted octanol–water partition coefficient (Wildman–Crippen LogP) is -0.437. The van der Waals surface area contributed by atoms with Crippen molar-refractivity contribution in [2.75, 3.05) is 0 Å². The molecule has 0 saturated heterocycles. The van der Waals surface area contributed by atoms with Crippen LogP contribution in [0.3, 0.4) is 0 Å². The van der Waals surface area contributed by atoms with Gasteiger partial charge >= 0.3 is 0 Å². The third kappa shape index (κ3) is 1060. The van der Waals surface area contributed by atoms with Gasteiger partial charge in [-0.25, -0.2) is 0 Å². The van der Waals surface area contributed by atoms with Crippen molar-refractivity contribution in [3.8, 4) is 0 Å². The highest BCUT2D eigenvalue weighted by molar-refractivity contribution is 7.72. The molecule has 0 bridgehead atoms. The smallest absolute Gasteiger partial charge is 0.106 e. The second kappa shape index (κ2) is 30.2. The van der Waals surface area contributed by atoms with E-state index in [1.807, 2.05) is 6.79 Å². The van der Waals surface area contributed by atoms with Crippen molar-refractivity contribution >= 4 is 18.2 Å². The average Bonchev–Trinajstić information content (AvgIpc) is 1.41. The largest absolute Gasteiger partial charge is 0.784 e. The lowest BCUT2D eigenvalue weighted by atomic mass is 11.9. The van der Waals surface area contributed by atoms with E-state index >= 15 is 0 Å². The summed E-state index contributed by atoms with van der Waals surface area (Å²) in [5, 5.41) is 0. The Labute approximate surface area is 49.6 Å². The van der Waals surface area contributed by atoms with Crippen molar-refractivity contribution in [1.82, 2.24) is 12.3 Å². The molecule has 54 valence electrons. The van der Waals surface area contributed by atoms with E-state index in [2.05, 4.69) is 0 Å². The molecule has 0 amide bonds. The molecule has 0 aromatic rings. The van der Waals surface area contributed by atoms with Crippen LogP contribution in [0.1, 0.15) is 0 Å². The summed E-state index contributed by atoms with van der Waals surface area (Å²) >= 11 is -3.11. The van der Waals surface area contributed by atoms with Gasteiger partial charge in [-0.15, -0.1) is 11.4 Å². The molecular weight excluding hydrogens is 136 g/mol. The summed E-state index contributed by atoms with van der Waals surface area (Å²) in [6, 6.07) is 0. The summed E-state index contributed by atoms with van der Waals surface area (Å²) in [4.78, 5) is 8.00. The zero-order valence-corrected chi connectivity index (χ0v) is 5.56. The normalized spacial score (nSPS) is 4.88. The van der Waals surface area contributed by atoms with Gasteiger partial charge in [-0.3, -0.25) is 4.21 Å². The Bertz CT molecular complexity index is 45.3. The summed E-state index contributed by atoms with van der Waals surface area (Å²) in [6.45, 7) is 2.00. The third-order valence-electron chi connectivity index (χ3n) is 0. The van der Waals surface area contributed by atoms with Gasteiger partial charge in [0.2, 0.25) is 0 Å². The molecular formula is CH10N2O4S. The summed E-state index contributed by atoms with van der Waals surface area (Å²) in [7, 11) is 0. The first kappa shape index (κ1) is 25.4. The molecule has 0 radical (unpaired) electrons. The fourth-order valence-electron chi connectivity index (χ4n) is 0. The highest BCUT2D eigenvalue weighted by Crippen LogP contribution is 1.42. The first-order valence-corrected chi connectivity index (χ1v) is 1.79. The number of quaternary nitrogens is 2. The number of carbonyl (C=O) groups excluding carboxylic acids is 1. The van der Waals surface area contributed by atoms with Crippen molar-refractivity contribution in [1.29, 1.82) is 0 Å². The Hall–Kier alpha value is -0.340. The van der Waals surface area contributed by atoms with Crippen molar-refractivity contribution < 1.29 is 18.1 Å². The van der Waals surface area contributed by atoms with Crippen molar-refractivity contribution in [3.05, 3.63) is 0 Å².